The second kappa shape index (κ2) is 17.2. The number of hydrogen-bond donors (Lipinski definition) is 4. The van der Waals surface area contributed by atoms with Crippen LogP contribution in [0.25, 0.3) is 32.8 Å². The summed E-state index contributed by atoms with van der Waals surface area (Å²) in [6, 6.07) is 23.3. The Morgan fingerprint density at radius 1 is 0.879 bits per heavy atom. The molecule has 58 heavy (non-hydrogen) atoms. The zero-order chi connectivity index (χ0) is 41.1. The van der Waals surface area contributed by atoms with Crippen LogP contribution < -0.4 is 10.6 Å². The van der Waals surface area contributed by atoms with Crippen LogP contribution in [0.1, 0.15) is 88.6 Å². The SMILES string of the molecule is Cc1ncsc1-c1ccc([C@H](C)NC(=O)[C@@H]2C[C@@H](O)CN2C(=O)C(NC(=O)C2CCC(c3ccc(-c4cnnc(-c5ccccc5O)c4)cc3)CC2)C(C)(C)C)cc1. The number of aromatic hydroxyl groups is 1. The van der Waals surface area contributed by atoms with E-state index in [4.69, 9.17) is 0 Å². The Balaban J connectivity index is 0.952. The number of thiazole rings is 1. The van der Waals surface area contributed by atoms with E-state index in [1.807, 2.05) is 82.6 Å². The number of aromatic nitrogens is 3. The van der Waals surface area contributed by atoms with E-state index in [1.165, 1.54) is 10.5 Å². The van der Waals surface area contributed by atoms with Crippen molar-refractivity contribution in [3.63, 3.8) is 0 Å². The molecule has 2 aliphatic rings. The van der Waals surface area contributed by atoms with Crippen molar-refractivity contribution in [2.75, 3.05) is 6.54 Å². The molecule has 0 spiro atoms. The molecule has 3 aromatic carbocycles. The Morgan fingerprint density at radius 2 is 1.57 bits per heavy atom. The Labute approximate surface area is 344 Å². The topological polar surface area (TPSA) is 158 Å². The first-order chi connectivity index (χ1) is 27.8. The van der Waals surface area contributed by atoms with Crippen LogP contribution >= 0.6 is 11.3 Å². The zero-order valence-corrected chi connectivity index (χ0v) is 34.5. The quantitative estimate of drug-likeness (QED) is 0.113. The number of para-hydroxylation sites is 1. The number of carbonyl (C=O) groups excluding carboxylic acids is 3. The van der Waals surface area contributed by atoms with Crippen molar-refractivity contribution in [2.24, 2.45) is 11.3 Å². The maximum atomic E-state index is 14.3. The van der Waals surface area contributed by atoms with Gasteiger partial charge in [0.05, 0.1) is 40.1 Å². The third kappa shape index (κ3) is 8.98. The van der Waals surface area contributed by atoms with Crippen LogP contribution in [0.3, 0.4) is 0 Å². The number of carbonyl (C=O) groups is 3. The molecule has 0 bridgehead atoms. The summed E-state index contributed by atoms with van der Waals surface area (Å²) in [4.78, 5) is 48.7. The summed E-state index contributed by atoms with van der Waals surface area (Å²) in [5.74, 6) is -0.627. The van der Waals surface area contributed by atoms with Gasteiger partial charge in [0.2, 0.25) is 17.7 Å². The van der Waals surface area contributed by atoms with Gasteiger partial charge < -0.3 is 25.7 Å². The molecule has 1 unspecified atom stereocenters. The number of aliphatic hydroxyl groups excluding tert-OH is 1. The number of phenolic OH excluding ortho intramolecular Hbond substituents is 1. The average Bonchev–Trinajstić information content (AvgIpc) is 3.84. The predicted molar refractivity (Wildman–Crippen MR) is 226 cm³/mol. The minimum absolute atomic E-state index is 0.0238. The van der Waals surface area contributed by atoms with Gasteiger partial charge in [-0.25, -0.2) is 4.98 Å². The van der Waals surface area contributed by atoms with E-state index in [1.54, 1.807) is 29.7 Å². The number of rotatable bonds is 10. The highest BCUT2D eigenvalue weighted by Gasteiger charge is 2.45. The molecule has 2 aromatic heterocycles. The number of hydrogen-bond acceptors (Lipinski definition) is 9. The summed E-state index contributed by atoms with van der Waals surface area (Å²) in [5.41, 5.74) is 8.47. The van der Waals surface area contributed by atoms with Crippen molar-refractivity contribution < 1.29 is 24.6 Å². The van der Waals surface area contributed by atoms with Crippen LogP contribution in [0.2, 0.25) is 0 Å². The Bertz CT molecular complexity index is 2240. The number of β-amino-alcohol motifs (C(OH)–C–C–N with tert-alkyl or cyclic N) is 1. The van der Waals surface area contributed by atoms with Crippen LogP contribution in [-0.2, 0) is 14.4 Å². The molecule has 1 saturated carbocycles. The van der Waals surface area contributed by atoms with Crippen molar-refractivity contribution >= 4 is 29.1 Å². The lowest BCUT2D eigenvalue weighted by Crippen LogP contribution is -2.58. The van der Waals surface area contributed by atoms with Gasteiger partial charge in [0.25, 0.3) is 0 Å². The lowest BCUT2D eigenvalue weighted by atomic mass is 9.77. The molecule has 12 heteroatoms. The second-order valence-corrected chi connectivity index (χ2v) is 17.7. The highest BCUT2D eigenvalue weighted by Crippen LogP contribution is 2.38. The largest absolute Gasteiger partial charge is 0.507 e. The molecule has 5 aromatic rings. The van der Waals surface area contributed by atoms with E-state index >= 15 is 0 Å². The van der Waals surface area contributed by atoms with Crippen LogP contribution in [0.5, 0.6) is 5.75 Å². The number of phenols is 1. The van der Waals surface area contributed by atoms with Crippen molar-refractivity contribution in [3.8, 4) is 38.6 Å². The van der Waals surface area contributed by atoms with E-state index in [-0.39, 0.29) is 48.4 Å². The van der Waals surface area contributed by atoms with Gasteiger partial charge >= 0.3 is 0 Å². The maximum Gasteiger partial charge on any atom is 0.246 e. The van der Waals surface area contributed by atoms with Gasteiger partial charge in [-0.1, -0.05) is 81.4 Å². The molecule has 1 aliphatic carbocycles. The minimum Gasteiger partial charge on any atom is -0.507 e. The van der Waals surface area contributed by atoms with Crippen molar-refractivity contribution in [2.45, 2.75) is 96.9 Å². The first-order valence-corrected chi connectivity index (χ1v) is 21.0. The van der Waals surface area contributed by atoms with Gasteiger partial charge in [0.1, 0.15) is 17.8 Å². The second-order valence-electron chi connectivity index (χ2n) is 16.8. The molecule has 1 saturated heterocycles. The van der Waals surface area contributed by atoms with E-state index in [9.17, 15) is 24.6 Å². The van der Waals surface area contributed by atoms with Crippen molar-refractivity contribution in [1.29, 1.82) is 0 Å². The van der Waals surface area contributed by atoms with Crippen LogP contribution in [-0.4, -0.2) is 72.7 Å². The van der Waals surface area contributed by atoms with E-state index in [0.29, 0.717) is 30.0 Å². The van der Waals surface area contributed by atoms with Crippen LogP contribution in [0, 0.1) is 18.3 Å². The summed E-state index contributed by atoms with van der Waals surface area (Å²) in [5, 5.41) is 35.6. The molecule has 1 aliphatic heterocycles. The van der Waals surface area contributed by atoms with Gasteiger partial charge in [-0.15, -0.1) is 11.3 Å². The van der Waals surface area contributed by atoms with Crippen molar-refractivity contribution in [1.82, 2.24) is 30.7 Å². The van der Waals surface area contributed by atoms with Crippen LogP contribution in [0.15, 0.2) is 90.6 Å². The molecule has 2 fully saturated rings. The highest BCUT2D eigenvalue weighted by atomic mass is 32.1. The Kier molecular flexibility index (Phi) is 12.1. The number of aryl methyl sites for hydroxylation is 1. The van der Waals surface area contributed by atoms with Gasteiger partial charge in [-0.2, -0.15) is 10.2 Å². The zero-order valence-electron chi connectivity index (χ0n) is 33.7. The molecule has 4 atom stereocenters. The number of nitrogens with one attached hydrogen (secondary N) is 2. The number of aliphatic hydroxyl groups is 1. The first kappa shape index (κ1) is 40.7. The highest BCUT2D eigenvalue weighted by molar-refractivity contribution is 7.13. The smallest absolute Gasteiger partial charge is 0.246 e. The molecular formula is C46H52N6O5S. The molecule has 3 amide bonds. The molecule has 3 heterocycles. The third-order valence-electron chi connectivity index (χ3n) is 11.7. The molecule has 7 rings (SSSR count). The van der Waals surface area contributed by atoms with Crippen LogP contribution in [0.4, 0.5) is 0 Å². The normalized spacial score (nSPS) is 20.6. The standard InChI is InChI=1S/C46H52N6O5S/c1-27(29-10-18-33(19-11-29)41-28(2)47-26-58-41)49-44(56)39-23-36(53)25-52(39)45(57)42(46(3,4)5)50-43(55)34-20-16-31(17-21-34)30-12-14-32(15-13-30)35-22-38(51-48-24-35)37-8-6-7-9-40(37)54/h6-15,18-19,22,24,26-27,31,34,36,39,42,53-54H,16-17,20-21,23,25H2,1-5H3,(H,49,56)(H,50,55)/t27-,31?,34?,36+,39-,42?/m0/s1. The summed E-state index contributed by atoms with van der Waals surface area (Å²) >= 11 is 1.59. The van der Waals surface area contributed by atoms with Gasteiger partial charge in [-0.05, 0) is 91.3 Å². The lowest BCUT2D eigenvalue weighted by molar-refractivity contribution is -0.144. The molecular weight excluding hydrogens is 749 g/mol. The molecule has 0 radical (unpaired) electrons. The number of benzene rings is 3. The first-order valence-electron chi connectivity index (χ1n) is 20.1. The predicted octanol–water partition coefficient (Wildman–Crippen LogP) is 7.59. The summed E-state index contributed by atoms with van der Waals surface area (Å²) in [7, 11) is 0. The summed E-state index contributed by atoms with van der Waals surface area (Å²) < 4.78 is 0. The van der Waals surface area contributed by atoms with E-state index in [2.05, 4.69) is 50.1 Å². The van der Waals surface area contributed by atoms with Gasteiger partial charge in [0, 0.05) is 30.0 Å². The van der Waals surface area contributed by atoms with Crippen molar-refractivity contribution in [3.05, 3.63) is 107 Å². The van der Waals surface area contributed by atoms with Gasteiger partial charge in [-0.3, -0.25) is 14.4 Å². The summed E-state index contributed by atoms with van der Waals surface area (Å²) in [6.07, 6.45) is 4.06. The minimum atomic E-state index is -0.875. The fourth-order valence-electron chi connectivity index (χ4n) is 8.26. The average molecular weight is 801 g/mol. The molecule has 302 valence electrons. The number of nitrogens with zero attached hydrogens (tertiary/aromatic N) is 4. The third-order valence-corrected chi connectivity index (χ3v) is 12.7. The maximum absolute atomic E-state index is 14.3. The van der Waals surface area contributed by atoms with E-state index < -0.39 is 23.6 Å². The molecule has 11 nitrogen and oxygen atoms in total. The monoisotopic (exact) mass is 800 g/mol. The van der Waals surface area contributed by atoms with E-state index in [0.717, 1.165) is 45.7 Å². The van der Waals surface area contributed by atoms with Gasteiger partial charge in [0.15, 0.2) is 0 Å². The lowest BCUT2D eigenvalue weighted by Gasteiger charge is -2.37. The molecule has 4 N–H and O–H groups in total. The fourth-order valence-corrected chi connectivity index (χ4v) is 9.07. The summed E-state index contributed by atoms with van der Waals surface area (Å²) in [6.45, 7) is 9.63. The Hall–Kier alpha value is -5.46. The number of amides is 3. The Morgan fingerprint density at radius 3 is 2.22 bits per heavy atom. The number of likely N-dealkylation sites (tertiary alicyclic amines) is 1. The fraction of sp³-hybridized carbons (Fsp3) is 0.391.